The van der Waals surface area contributed by atoms with Crippen LogP contribution in [0.25, 0.3) is 0 Å². The normalized spacial score (nSPS) is 16.3. The molecule has 2 heterocycles. The summed E-state index contributed by atoms with van der Waals surface area (Å²) in [7, 11) is 0. The van der Waals surface area contributed by atoms with E-state index in [0.29, 0.717) is 18.2 Å². The van der Waals surface area contributed by atoms with E-state index >= 15 is 0 Å². The Bertz CT molecular complexity index is 760. The molecule has 0 radical (unpaired) electrons. The quantitative estimate of drug-likeness (QED) is 0.728. The van der Waals surface area contributed by atoms with E-state index < -0.39 is 0 Å². The van der Waals surface area contributed by atoms with Crippen molar-refractivity contribution in [3.8, 4) is 0 Å². The van der Waals surface area contributed by atoms with Crippen molar-refractivity contribution in [2.75, 3.05) is 31.1 Å². The fourth-order valence-electron chi connectivity index (χ4n) is 3.92. The molecule has 1 saturated heterocycles. The Hall–Kier alpha value is -1.95. The van der Waals surface area contributed by atoms with Crippen molar-refractivity contribution in [1.82, 2.24) is 14.3 Å². The number of amides is 1. The minimum absolute atomic E-state index is 0.272. The van der Waals surface area contributed by atoms with Crippen molar-refractivity contribution in [2.24, 2.45) is 11.3 Å². The average Bonchev–Trinajstić information content (AvgIpc) is 3.09. The summed E-state index contributed by atoms with van der Waals surface area (Å²) in [5.74, 6) is 1.59. The van der Waals surface area contributed by atoms with Crippen LogP contribution in [-0.2, 0) is 11.2 Å². The molecular formula is C22H32N4OS. The molecule has 0 N–H and O–H groups in total. The summed E-state index contributed by atoms with van der Waals surface area (Å²) in [6.45, 7) is 12.1. The standard InChI is InChI=1S/C22H32N4OS/c1-17(16-22(2,3)4)14-20(27)25-10-12-26(13-11-25)21-23-19(24-28-21)15-18-8-6-5-7-9-18/h5-9,17H,10-16H2,1-4H3/t17-/m0/s1. The fraction of sp³-hybridized carbons (Fsp3) is 0.591. The maximum absolute atomic E-state index is 12.6. The van der Waals surface area contributed by atoms with Crippen LogP contribution in [0.3, 0.4) is 0 Å². The third-order valence-electron chi connectivity index (χ3n) is 5.05. The van der Waals surface area contributed by atoms with Gasteiger partial charge in [0.25, 0.3) is 0 Å². The van der Waals surface area contributed by atoms with E-state index in [9.17, 15) is 4.79 Å². The van der Waals surface area contributed by atoms with Crippen molar-refractivity contribution in [3.05, 3.63) is 41.7 Å². The van der Waals surface area contributed by atoms with Crippen LogP contribution in [-0.4, -0.2) is 46.3 Å². The summed E-state index contributed by atoms with van der Waals surface area (Å²) >= 11 is 1.46. The van der Waals surface area contributed by atoms with Crippen molar-refractivity contribution in [3.63, 3.8) is 0 Å². The van der Waals surface area contributed by atoms with Crippen molar-refractivity contribution >= 4 is 22.6 Å². The number of carbonyl (C=O) groups excluding carboxylic acids is 1. The average molecular weight is 401 g/mol. The smallest absolute Gasteiger partial charge is 0.222 e. The number of nitrogens with zero attached hydrogens (tertiary/aromatic N) is 4. The number of piperazine rings is 1. The van der Waals surface area contributed by atoms with E-state index in [1.807, 2.05) is 23.1 Å². The summed E-state index contributed by atoms with van der Waals surface area (Å²) in [5.41, 5.74) is 1.50. The molecule has 5 nitrogen and oxygen atoms in total. The van der Waals surface area contributed by atoms with Gasteiger partial charge in [-0.25, -0.2) is 4.98 Å². The van der Waals surface area contributed by atoms with Crippen LogP contribution in [0.4, 0.5) is 5.13 Å². The van der Waals surface area contributed by atoms with Gasteiger partial charge in [0.1, 0.15) is 5.82 Å². The van der Waals surface area contributed by atoms with Crippen LogP contribution in [0, 0.1) is 11.3 Å². The summed E-state index contributed by atoms with van der Waals surface area (Å²) in [4.78, 5) is 21.6. The summed E-state index contributed by atoms with van der Waals surface area (Å²) in [5, 5.41) is 0.971. The molecule has 0 saturated carbocycles. The van der Waals surface area contributed by atoms with E-state index in [-0.39, 0.29) is 5.41 Å². The molecule has 1 fully saturated rings. The molecule has 0 bridgehead atoms. The van der Waals surface area contributed by atoms with E-state index in [0.717, 1.165) is 50.0 Å². The summed E-state index contributed by atoms with van der Waals surface area (Å²) in [6.07, 6.45) is 2.49. The number of benzene rings is 1. The Morgan fingerprint density at radius 1 is 1.14 bits per heavy atom. The van der Waals surface area contributed by atoms with Crippen LogP contribution in [0.1, 0.15) is 51.9 Å². The molecule has 1 aromatic carbocycles. The zero-order valence-corrected chi connectivity index (χ0v) is 18.3. The molecule has 6 heteroatoms. The van der Waals surface area contributed by atoms with Crippen molar-refractivity contribution in [1.29, 1.82) is 0 Å². The lowest BCUT2D eigenvalue weighted by Gasteiger charge is -2.35. The van der Waals surface area contributed by atoms with Gasteiger partial charge in [-0.05, 0) is 23.3 Å². The van der Waals surface area contributed by atoms with E-state index in [4.69, 9.17) is 4.98 Å². The Labute approximate surface area is 172 Å². The lowest BCUT2D eigenvalue weighted by Crippen LogP contribution is -2.49. The molecule has 1 amide bonds. The molecule has 3 rings (SSSR count). The first-order valence-corrected chi connectivity index (χ1v) is 11.0. The highest BCUT2D eigenvalue weighted by molar-refractivity contribution is 7.09. The van der Waals surface area contributed by atoms with Gasteiger partial charge in [0.05, 0.1) is 0 Å². The highest BCUT2D eigenvalue weighted by Gasteiger charge is 2.25. The largest absolute Gasteiger partial charge is 0.343 e. The van der Waals surface area contributed by atoms with E-state index in [2.05, 4.69) is 49.1 Å². The molecule has 152 valence electrons. The van der Waals surface area contributed by atoms with Gasteiger partial charge in [0.2, 0.25) is 11.0 Å². The molecule has 1 aromatic heterocycles. The van der Waals surface area contributed by atoms with Gasteiger partial charge in [-0.1, -0.05) is 58.0 Å². The topological polar surface area (TPSA) is 49.3 Å². The number of hydrogen-bond acceptors (Lipinski definition) is 5. The third-order valence-corrected chi connectivity index (χ3v) is 5.86. The first-order chi connectivity index (χ1) is 13.3. The second-order valence-electron chi connectivity index (χ2n) is 9.10. The predicted octanol–water partition coefficient (Wildman–Crippen LogP) is 4.24. The van der Waals surface area contributed by atoms with Gasteiger partial charge in [-0.15, -0.1) is 0 Å². The number of aromatic nitrogens is 2. The van der Waals surface area contributed by atoms with Crippen LogP contribution < -0.4 is 4.90 Å². The fourth-order valence-corrected chi connectivity index (χ4v) is 4.65. The highest BCUT2D eigenvalue weighted by Crippen LogP contribution is 2.27. The molecule has 2 aromatic rings. The lowest BCUT2D eigenvalue weighted by molar-refractivity contribution is -0.132. The van der Waals surface area contributed by atoms with Crippen LogP contribution >= 0.6 is 11.5 Å². The molecule has 1 aliphatic rings. The minimum atomic E-state index is 0.272. The molecule has 0 unspecified atom stereocenters. The molecule has 0 spiro atoms. The van der Waals surface area contributed by atoms with Crippen LogP contribution in [0.5, 0.6) is 0 Å². The maximum atomic E-state index is 12.6. The molecule has 0 aliphatic carbocycles. The molecular weight excluding hydrogens is 368 g/mol. The summed E-state index contributed by atoms with van der Waals surface area (Å²) in [6, 6.07) is 10.3. The van der Waals surface area contributed by atoms with E-state index in [1.54, 1.807) is 0 Å². The SMILES string of the molecule is C[C@@H](CC(=O)N1CCN(c2nc(Cc3ccccc3)ns2)CC1)CC(C)(C)C. The highest BCUT2D eigenvalue weighted by atomic mass is 32.1. The Morgan fingerprint density at radius 3 is 2.46 bits per heavy atom. The Balaban J connectivity index is 1.48. The minimum Gasteiger partial charge on any atom is -0.343 e. The van der Waals surface area contributed by atoms with Gasteiger partial charge < -0.3 is 9.80 Å². The second kappa shape index (κ2) is 9.03. The van der Waals surface area contributed by atoms with Crippen LogP contribution in [0.15, 0.2) is 30.3 Å². The number of rotatable bonds is 6. The van der Waals surface area contributed by atoms with Gasteiger partial charge >= 0.3 is 0 Å². The molecule has 1 atom stereocenters. The Kier molecular flexibility index (Phi) is 6.70. The molecule has 1 aliphatic heterocycles. The lowest BCUT2D eigenvalue weighted by atomic mass is 9.84. The first kappa shape index (κ1) is 20.8. The second-order valence-corrected chi connectivity index (χ2v) is 9.83. The first-order valence-electron chi connectivity index (χ1n) is 10.2. The summed E-state index contributed by atoms with van der Waals surface area (Å²) < 4.78 is 4.52. The zero-order valence-electron chi connectivity index (χ0n) is 17.5. The number of anilines is 1. The van der Waals surface area contributed by atoms with Crippen LogP contribution in [0.2, 0.25) is 0 Å². The molecule has 28 heavy (non-hydrogen) atoms. The van der Waals surface area contributed by atoms with Gasteiger partial charge in [0.15, 0.2) is 0 Å². The van der Waals surface area contributed by atoms with E-state index in [1.165, 1.54) is 17.1 Å². The number of carbonyl (C=O) groups is 1. The zero-order chi connectivity index (χ0) is 20.1. The number of hydrogen-bond donors (Lipinski definition) is 0. The van der Waals surface area contributed by atoms with Gasteiger partial charge in [-0.3, -0.25) is 4.79 Å². The maximum Gasteiger partial charge on any atom is 0.222 e. The van der Waals surface area contributed by atoms with Crippen molar-refractivity contribution < 1.29 is 4.79 Å². The van der Waals surface area contributed by atoms with Gasteiger partial charge in [0, 0.05) is 50.6 Å². The predicted molar refractivity (Wildman–Crippen MR) is 116 cm³/mol. The monoisotopic (exact) mass is 400 g/mol. The third kappa shape index (κ3) is 6.03. The Morgan fingerprint density at radius 2 is 1.82 bits per heavy atom. The van der Waals surface area contributed by atoms with Crippen molar-refractivity contribution in [2.45, 2.75) is 47.0 Å². The van der Waals surface area contributed by atoms with Gasteiger partial charge in [-0.2, -0.15) is 4.37 Å².